The summed E-state index contributed by atoms with van der Waals surface area (Å²) in [6.07, 6.45) is 2.12. The van der Waals surface area contributed by atoms with Gasteiger partial charge in [0.25, 0.3) is 0 Å². The van der Waals surface area contributed by atoms with Crippen LogP contribution < -0.4 is 4.74 Å². The number of aromatic hydroxyl groups is 1. The van der Waals surface area contributed by atoms with E-state index in [2.05, 4.69) is 6.07 Å². The summed E-state index contributed by atoms with van der Waals surface area (Å²) in [5.41, 5.74) is 1.42. The summed E-state index contributed by atoms with van der Waals surface area (Å²) in [6.45, 7) is 0.620. The van der Waals surface area contributed by atoms with Gasteiger partial charge in [-0.1, -0.05) is 0 Å². The summed E-state index contributed by atoms with van der Waals surface area (Å²) in [6, 6.07) is 5.28. The fourth-order valence-corrected chi connectivity index (χ4v) is 2.15. The minimum absolute atomic E-state index is 0.0340. The maximum Gasteiger partial charge on any atom is 0.144 e. The zero-order chi connectivity index (χ0) is 9.76. The minimum atomic E-state index is 0.0340. The molecule has 3 nitrogen and oxygen atoms in total. The van der Waals surface area contributed by atoms with Crippen LogP contribution in [0.4, 0.5) is 0 Å². The van der Waals surface area contributed by atoms with Gasteiger partial charge in [0.1, 0.15) is 17.6 Å². The number of nitriles is 1. The summed E-state index contributed by atoms with van der Waals surface area (Å²) in [4.78, 5) is 0. The second kappa shape index (κ2) is 2.21. The van der Waals surface area contributed by atoms with E-state index in [1.165, 1.54) is 0 Å². The average Bonchev–Trinajstić information content (AvgIpc) is 2.84. The van der Waals surface area contributed by atoms with E-state index in [-0.39, 0.29) is 11.2 Å². The molecule has 0 radical (unpaired) electrons. The van der Waals surface area contributed by atoms with Gasteiger partial charge in [-0.05, 0) is 25.0 Å². The fourth-order valence-electron chi connectivity index (χ4n) is 2.15. The SMILES string of the molecule is N#Cc1ccc(O)c2c1OCC21CC1. The maximum atomic E-state index is 9.74. The number of ether oxygens (including phenoxy) is 1. The molecule has 1 aliphatic carbocycles. The second-order valence-electron chi connectivity index (χ2n) is 4.02. The zero-order valence-electron chi connectivity index (χ0n) is 7.58. The number of phenols is 1. The molecule has 1 aliphatic heterocycles. The molecular formula is C11H9NO2. The topological polar surface area (TPSA) is 53.2 Å². The summed E-state index contributed by atoms with van der Waals surface area (Å²) in [5, 5.41) is 18.6. The van der Waals surface area contributed by atoms with E-state index in [4.69, 9.17) is 10.00 Å². The predicted molar refractivity (Wildman–Crippen MR) is 49.2 cm³/mol. The lowest BCUT2D eigenvalue weighted by Gasteiger charge is -2.06. The number of benzene rings is 1. The fraction of sp³-hybridized carbons (Fsp3) is 0.364. The lowest BCUT2D eigenvalue weighted by molar-refractivity contribution is 0.322. The number of hydrogen-bond acceptors (Lipinski definition) is 3. The summed E-state index contributed by atoms with van der Waals surface area (Å²) < 4.78 is 5.50. The Labute approximate surface area is 81.5 Å². The average molecular weight is 187 g/mol. The van der Waals surface area contributed by atoms with Crippen molar-refractivity contribution in [2.24, 2.45) is 0 Å². The van der Waals surface area contributed by atoms with Gasteiger partial charge in [-0.3, -0.25) is 0 Å². The van der Waals surface area contributed by atoms with Gasteiger partial charge in [0, 0.05) is 11.0 Å². The predicted octanol–water partition coefficient (Wildman–Crippen LogP) is 1.69. The van der Waals surface area contributed by atoms with Crippen molar-refractivity contribution >= 4 is 0 Å². The highest BCUT2D eigenvalue weighted by molar-refractivity contribution is 5.61. The van der Waals surface area contributed by atoms with Gasteiger partial charge in [-0.15, -0.1) is 0 Å². The molecule has 0 atom stereocenters. The molecule has 3 heteroatoms. The van der Waals surface area contributed by atoms with Crippen LogP contribution in [0.15, 0.2) is 12.1 Å². The molecule has 14 heavy (non-hydrogen) atoms. The number of hydrogen-bond donors (Lipinski definition) is 1. The maximum absolute atomic E-state index is 9.74. The molecule has 1 saturated carbocycles. The Morgan fingerprint density at radius 3 is 2.86 bits per heavy atom. The van der Waals surface area contributed by atoms with Crippen LogP contribution in [0.5, 0.6) is 11.5 Å². The number of nitrogens with zero attached hydrogens (tertiary/aromatic N) is 1. The third-order valence-electron chi connectivity index (χ3n) is 3.13. The Hall–Kier alpha value is -1.69. The summed E-state index contributed by atoms with van der Waals surface area (Å²) >= 11 is 0. The van der Waals surface area contributed by atoms with Gasteiger partial charge in [0.2, 0.25) is 0 Å². The van der Waals surface area contributed by atoms with Gasteiger partial charge in [0.15, 0.2) is 0 Å². The normalized spacial score (nSPS) is 19.9. The monoisotopic (exact) mass is 187 g/mol. The van der Waals surface area contributed by atoms with Crippen molar-refractivity contribution in [2.45, 2.75) is 18.3 Å². The molecule has 3 rings (SSSR count). The first kappa shape index (κ1) is 7.69. The van der Waals surface area contributed by atoms with Gasteiger partial charge in [-0.2, -0.15) is 5.26 Å². The van der Waals surface area contributed by atoms with Crippen LogP contribution in [0.1, 0.15) is 24.0 Å². The second-order valence-corrected chi connectivity index (χ2v) is 4.02. The third-order valence-corrected chi connectivity index (χ3v) is 3.13. The van der Waals surface area contributed by atoms with Crippen molar-refractivity contribution in [3.05, 3.63) is 23.3 Å². The van der Waals surface area contributed by atoms with Crippen molar-refractivity contribution in [2.75, 3.05) is 6.61 Å². The van der Waals surface area contributed by atoms with E-state index in [0.29, 0.717) is 17.9 Å². The molecule has 1 heterocycles. The van der Waals surface area contributed by atoms with Crippen molar-refractivity contribution in [1.29, 1.82) is 5.26 Å². The highest BCUT2D eigenvalue weighted by atomic mass is 16.5. The molecule has 1 aromatic rings. The van der Waals surface area contributed by atoms with E-state index >= 15 is 0 Å². The van der Waals surface area contributed by atoms with E-state index < -0.39 is 0 Å². The van der Waals surface area contributed by atoms with Crippen LogP contribution in [0.2, 0.25) is 0 Å². The molecule has 70 valence electrons. The minimum Gasteiger partial charge on any atom is -0.508 e. The lowest BCUT2D eigenvalue weighted by Crippen LogP contribution is -2.07. The van der Waals surface area contributed by atoms with Crippen LogP contribution >= 0.6 is 0 Å². The van der Waals surface area contributed by atoms with Gasteiger partial charge in [-0.25, -0.2) is 0 Å². The number of fused-ring (bicyclic) bond motifs is 2. The van der Waals surface area contributed by atoms with E-state index in [1.54, 1.807) is 12.1 Å². The Bertz CT molecular complexity index is 455. The number of phenolic OH excluding ortho intramolecular Hbond substituents is 1. The highest BCUT2D eigenvalue weighted by Crippen LogP contribution is 2.58. The van der Waals surface area contributed by atoms with Crippen LogP contribution in [0, 0.1) is 11.3 Å². The molecular weight excluding hydrogens is 178 g/mol. The Morgan fingerprint density at radius 1 is 1.43 bits per heavy atom. The number of rotatable bonds is 0. The van der Waals surface area contributed by atoms with Crippen molar-refractivity contribution < 1.29 is 9.84 Å². The van der Waals surface area contributed by atoms with Crippen LogP contribution in [-0.2, 0) is 5.41 Å². The third kappa shape index (κ3) is 0.759. The van der Waals surface area contributed by atoms with Crippen molar-refractivity contribution in [1.82, 2.24) is 0 Å². The lowest BCUT2D eigenvalue weighted by atomic mass is 9.95. The summed E-state index contributed by atoms with van der Waals surface area (Å²) in [7, 11) is 0. The molecule has 1 spiro atoms. The molecule has 0 bridgehead atoms. The Kier molecular flexibility index (Phi) is 1.22. The quantitative estimate of drug-likeness (QED) is 0.672. The van der Waals surface area contributed by atoms with Crippen molar-refractivity contribution in [3.63, 3.8) is 0 Å². The Balaban J connectivity index is 2.29. The molecule has 1 fully saturated rings. The molecule has 0 amide bonds. The zero-order valence-corrected chi connectivity index (χ0v) is 7.58. The van der Waals surface area contributed by atoms with Gasteiger partial charge >= 0.3 is 0 Å². The highest BCUT2D eigenvalue weighted by Gasteiger charge is 2.53. The molecule has 1 N–H and O–H groups in total. The molecule has 1 aromatic carbocycles. The van der Waals surface area contributed by atoms with E-state index in [1.807, 2.05) is 0 Å². The smallest absolute Gasteiger partial charge is 0.144 e. The van der Waals surface area contributed by atoms with E-state index in [0.717, 1.165) is 18.4 Å². The molecule has 0 saturated heterocycles. The summed E-state index contributed by atoms with van der Waals surface area (Å²) in [5.74, 6) is 0.874. The van der Waals surface area contributed by atoms with Gasteiger partial charge < -0.3 is 9.84 Å². The first-order valence-corrected chi connectivity index (χ1v) is 4.66. The van der Waals surface area contributed by atoms with Crippen LogP contribution in [-0.4, -0.2) is 11.7 Å². The molecule has 2 aliphatic rings. The van der Waals surface area contributed by atoms with Crippen molar-refractivity contribution in [3.8, 4) is 17.6 Å². The largest absolute Gasteiger partial charge is 0.508 e. The molecule has 0 unspecified atom stereocenters. The van der Waals surface area contributed by atoms with Gasteiger partial charge in [0.05, 0.1) is 12.2 Å². The Morgan fingerprint density at radius 2 is 2.21 bits per heavy atom. The van der Waals surface area contributed by atoms with Crippen LogP contribution in [0.3, 0.4) is 0 Å². The first-order valence-electron chi connectivity index (χ1n) is 4.66. The standard InChI is InChI=1S/C11H9NO2/c12-5-7-1-2-8(13)9-10(7)14-6-11(9)3-4-11/h1-2,13H,3-4,6H2. The molecule has 0 aromatic heterocycles. The van der Waals surface area contributed by atoms with E-state index in [9.17, 15) is 5.11 Å². The first-order chi connectivity index (χ1) is 6.77. The van der Waals surface area contributed by atoms with Crippen LogP contribution in [0.25, 0.3) is 0 Å².